The molecule has 0 aliphatic rings. The first-order chi connectivity index (χ1) is 7.09. The molecule has 2 aromatic rings. The van der Waals surface area contributed by atoms with Crippen LogP contribution in [-0.2, 0) is 2.14 Å². The van der Waals surface area contributed by atoms with Crippen LogP contribution >= 0.6 is 47.8 Å². The van der Waals surface area contributed by atoms with Crippen molar-refractivity contribution in [2.45, 2.75) is 2.14 Å². The molecule has 0 N–H and O–H groups in total. The molecule has 8 heteroatoms. The predicted octanol–water partition coefficient (Wildman–Crippen LogP) is 2.35. The van der Waals surface area contributed by atoms with Gasteiger partial charge in [-0.1, -0.05) is 47.8 Å². The molecule has 15 heavy (non-hydrogen) atoms. The van der Waals surface area contributed by atoms with Crippen LogP contribution in [0, 0.1) is 0 Å². The standard InChI is InChI=1S/C7H4Br3N5/c8-7(9,10)6-12-13-14-15(6)5-1-3-11-4-2-5/h1-4H. The Kier molecular flexibility index (Phi) is 3.17. The van der Waals surface area contributed by atoms with Crippen LogP contribution in [0.4, 0.5) is 0 Å². The Morgan fingerprint density at radius 3 is 2.40 bits per heavy atom. The monoisotopic (exact) mass is 395 g/mol. The minimum absolute atomic E-state index is 0.591. The van der Waals surface area contributed by atoms with Crippen molar-refractivity contribution in [2.75, 3.05) is 0 Å². The highest BCUT2D eigenvalue weighted by Crippen LogP contribution is 2.43. The molecule has 0 atom stereocenters. The van der Waals surface area contributed by atoms with Crippen molar-refractivity contribution in [2.24, 2.45) is 0 Å². The molecular formula is C7H4Br3N5. The molecule has 0 aromatic carbocycles. The summed E-state index contributed by atoms with van der Waals surface area (Å²) in [6, 6.07) is 3.64. The largest absolute Gasteiger partial charge is 0.265 e. The summed E-state index contributed by atoms with van der Waals surface area (Å²) < 4.78 is 0.958. The first-order valence-corrected chi connectivity index (χ1v) is 6.23. The number of nitrogens with zero attached hydrogens (tertiary/aromatic N) is 5. The smallest absolute Gasteiger partial charge is 0.196 e. The molecule has 2 rings (SSSR count). The average Bonchev–Trinajstić information content (AvgIpc) is 2.67. The lowest BCUT2D eigenvalue weighted by molar-refractivity contribution is 0.774. The second kappa shape index (κ2) is 4.26. The molecule has 0 radical (unpaired) electrons. The highest BCUT2D eigenvalue weighted by Gasteiger charge is 2.29. The van der Waals surface area contributed by atoms with Crippen LogP contribution in [0.2, 0.25) is 0 Å². The second-order valence-electron chi connectivity index (χ2n) is 2.62. The molecule has 5 nitrogen and oxygen atoms in total. The molecule has 0 aliphatic heterocycles. The Balaban J connectivity index is 2.51. The van der Waals surface area contributed by atoms with Crippen LogP contribution in [0.25, 0.3) is 5.69 Å². The van der Waals surface area contributed by atoms with Crippen LogP contribution in [0.5, 0.6) is 0 Å². The van der Waals surface area contributed by atoms with E-state index < -0.39 is 2.14 Å². The fourth-order valence-electron chi connectivity index (χ4n) is 1.02. The summed E-state index contributed by atoms with van der Waals surface area (Å²) in [5.41, 5.74) is 0.840. The minimum atomic E-state index is -0.639. The van der Waals surface area contributed by atoms with E-state index in [4.69, 9.17) is 0 Å². The van der Waals surface area contributed by atoms with Crippen molar-refractivity contribution in [1.29, 1.82) is 0 Å². The van der Waals surface area contributed by atoms with E-state index in [9.17, 15) is 0 Å². The fraction of sp³-hybridized carbons (Fsp3) is 0.143. The van der Waals surface area contributed by atoms with Crippen molar-refractivity contribution in [3.63, 3.8) is 0 Å². The van der Waals surface area contributed by atoms with Gasteiger partial charge in [0.15, 0.2) is 7.97 Å². The van der Waals surface area contributed by atoms with Gasteiger partial charge < -0.3 is 0 Å². The Hall–Kier alpha value is -0.340. The normalized spacial score (nSPS) is 11.7. The van der Waals surface area contributed by atoms with E-state index in [1.54, 1.807) is 17.1 Å². The molecule has 0 aliphatic carbocycles. The summed E-state index contributed by atoms with van der Waals surface area (Å²) in [4.78, 5) is 3.93. The van der Waals surface area contributed by atoms with Crippen molar-refractivity contribution >= 4 is 47.8 Å². The van der Waals surface area contributed by atoms with Gasteiger partial charge in [-0.2, -0.15) is 4.68 Å². The Morgan fingerprint density at radius 2 is 1.80 bits per heavy atom. The predicted molar refractivity (Wildman–Crippen MR) is 65.4 cm³/mol. The number of halogens is 3. The van der Waals surface area contributed by atoms with Crippen LogP contribution in [0.15, 0.2) is 24.5 Å². The molecule has 0 spiro atoms. The van der Waals surface area contributed by atoms with Crippen LogP contribution in [-0.4, -0.2) is 25.2 Å². The van der Waals surface area contributed by atoms with Gasteiger partial charge in [0.05, 0.1) is 5.69 Å². The zero-order valence-corrected chi connectivity index (χ0v) is 11.9. The summed E-state index contributed by atoms with van der Waals surface area (Å²) in [7, 11) is 0. The average molecular weight is 398 g/mol. The fourth-order valence-corrected chi connectivity index (χ4v) is 1.76. The number of alkyl halides is 3. The van der Waals surface area contributed by atoms with Crippen molar-refractivity contribution < 1.29 is 0 Å². The maximum Gasteiger partial charge on any atom is 0.196 e. The highest BCUT2D eigenvalue weighted by molar-refractivity contribution is 9.38. The second-order valence-corrected chi connectivity index (χ2v) is 9.38. The van der Waals surface area contributed by atoms with E-state index in [-0.39, 0.29) is 0 Å². The first-order valence-electron chi connectivity index (χ1n) is 3.85. The highest BCUT2D eigenvalue weighted by atomic mass is 80.0. The van der Waals surface area contributed by atoms with Gasteiger partial charge in [-0.15, -0.1) is 5.10 Å². The lowest BCUT2D eigenvalue weighted by atomic mass is 10.4. The summed E-state index contributed by atoms with van der Waals surface area (Å²) in [5, 5.41) is 11.4. The van der Waals surface area contributed by atoms with Gasteiger partial charge in [0, 0.05) is 12.4 Å². The SMILES string of the molecule is BrC(Br)(Br)c1nnnn1-c1ccncc1. The summed E-state index contributed by atoms with van der Waals surface area (Å²) in [5.74, 6) is 0.591. The molecule has 0 saturated heterocycles. The van der Waals surface area contributed by atoms with Crippen molar-refractivity contribution in [1.82, 2.24) is 25.2 Å². The van der Waals surface area contributed by atoms with E-state index in [0.29, 0.717) is 5.82 Å². The lowest BCUT2D eigenvalue weighted by Gasteiger charge is -2.11. The third kappa shape index (κ3) is 2.43. The molecule has 2 heterocycles. The summed E-state index contributed by atoms with van der Waals surface area (Å²) in [6.07, 6.45) is 3.36. The van der Waals surface area contributed by atoms with Crippen molar-refractivity contribution in [3.8, 4) is 5.69 Å². The molecule has 0 unspecified atom stereocenters. The third-order valence-corrected chi connectivity index (χ3v) is 2.69. The zero-order valence-electron chi connectivity index (χ0n) is 7.18. The number of tetrazole rings is 1. The number of hydrogen-bond acceptors (Lipinski definition) is 4. The third-order valence-electron chi connectivity index (χ3n) is 1.63. The summed E-state index contributed by atoms with van der Waals surface area (Å²) >= 11 is 10.1. The molecule has 0 saturated carbocycles. The van der Waals surface area contributed by atoms with E-state index in [1.165, 1.54) is 0 Å². The van der Waals surface area contributed by atoms with Gasteiger partial charge in [0.2, 0.25) is 0 Å². The number of hydrogen-bond donors (Lipinski definition) is 0. The van der Waals surface area contributed by atoms with E-state index in [2.05, 4.69) is 68.3 Å². The van der Waals surface area contributed by atoms with Gasteiger partial charge in [-0.05, 0) is 22.6 Å². The first kappa shape index (κ1) is 11.2. The maximum atomic E-state index is 3.93. The quantitative estimate of drug-likeness (QED) is 0.693. The Labute approximate surface area is 111 Å². The summed E-state index contributed by atoms with van der Waals surface area (Å²) in [6.45, 7) is 0. The van der Waals surface area contributed by atoms with Gasteiger partial charge in [0.25, 0.3) is 0 Å². The van der Waals surface area contributed by atoms with Crippen LogP contribution in [0.3, 0.4) is 0 Å². The molecule has 2 aromatic heterocycles. The molecule has 0 bridgehead atoms. The molecular weight excluding hydrogens is 394 g/mol. The number of pyridine rings is 1. The minimum Gasteiger partial charge on any atom is -0.265 e. The zero-order chi connectivity index (χ0) is 10.9. The number of aromatic nitrogens is 5. The molecule has 78 valence electrons. The van der Waals surface area contributed by atoms with Crippen LogP contribution in [0.1, 0.15) is 5.82 Å². The van der Waals surface area contributed by atoms with Gasteiger partial charge >= 0.3 is 0 Å². The van der Waals surface area contributed by atoms with E-state index in [0.717, 1.165) is 5.69 Å². The maximum absolute atomic E-state index is 3.93. The number of rotatable bonds is 1. The van der Waals surface area contributed by atoms with Crippen molar-refractivity contribution in [3.05, 3.63) is 30.4 Å². The Morgan fingerprint density at radius 1 is 1.13 bits per heavy atom. The topological polar surface area (TPSA) is 56.5 Å². The van der Waals surface area contributed by atoms with Crippen LogP contribution < -0.4 is 0 Å². The molecule has 0 fully saturated rings. The Bertz CT molecular complexity index is 449. The molecule has 0 amide bonds. The van der Waals surface area contributed by atoms with Gasteiger partial charge in [0.1, 0.15) is 0 Å². The lowest BCUT2D eigenvalue weighted by Crippen LogP contribution is -2.10. The van der Waals surface area contributed by atoms with E-state index >= 15 is 0 Å². The van der Waals surface area contributed by atoms with E-state index in [1.807, 2.05) is 12.1 Å². The van der Waals surface area contributed by atoms with Gasteiger partial charge in [-0.25, -0.2) is 0 Å². The van der Waals surface area contributed by atoms with Gasteiger partial charge in [-0.3, -0.25) is 4.98 Å².